The van der Waals surface area contributed by atoms with Crippen LogP contribution in [-0.2, 0) is 10.0 Å². The van der Waals surface area contributed by atoms with Gasteiger partial charge in [-0.3, -0.25) is 4.79 Å². The molecule has 0 aliphatic rings. The standard InChI is InChI=1S/C23H22FN5O4S/c1-27(2)34(31,32)18-10-11-21(33-3)20(14-18)26-22(30)19-15-25-29(17-8-6-16(24)7-9-17)23(19)28-12-4-5-13-28/h4-15H,1-3H3,(H,26,30). The van der Waals surface area contributed by atoms with E-state index in [0.717, 1.165) is 4.31 Å². The topological polar surface area (TPSA) is 98.5 Å². The Hall–Kier alpha value is -3.96. The molecular formula is C23H22FN5O4S. The van der Waals surface area contributed by atoms with Crippen LogP contribution < -0.4 is 10.1 Å². The molecule has 0 saturated carbocycles. The summed E-state index contributed by atoms with van der Waals surface area (Å²) in [6.45, 7) is 0. The Morgan fingerprint density at radius 2 is 1.76 bits per heavy atom. The maximum atomic E-state index is 13.4. The van der Waals surface area contributed by atoms with Gasteiger partial charge in [0, 0.05) is 26.5 Å². The van der Waals surface area contributed by atoms with Crippen LogP contribution in [0.1, 0.15) is 10.4 Å². The normalized spacial score (nSPS) is 11.6. The fourth-order valence-electron chi connectivity index (χ4n) is 3.34. The van der Waals surface area contributed by atoms with Crippen molar-refractivity contribution < 1.29 is 22.3 Å². The van der Waals surface area contributed by atoms with Crippen LogP contribution in [0.2, 0.25) is 0 Å². The van der Waals surface area contributed by atoms with Gasteiger partial charge in [-0.05, 0) is 54.6 Å². The van der Waals surface area contributed by atoms with Gasteiger partial charge in [-0.2, -0.15) is 5.10 Å². The molecule has 1 N–H and O–H groups in total. The number of carbonyl (C=O) groups excluding carboxylic acids is 1. The van der Waals surface area contributed by atoms with E-state index in [1.165, 1.54) is 62.4 Å². The first kappa shape index (κ1) is 23.2. The molecule has 2 aromatic heterocycles. The molecule has 0 radical (unpaired) electrons. The van der Waals surface area contributed by atoms with Crippen molar-refractivity contribution in [3.05, 3.63) is 84.6 Å². The minimum Gasteiger partial charge on any atom is -0.495 e. The molecule has 0 aliphatic carbocycles. The summed E-state index contributed by atoms with van der Waals surface area (Å²) in [5.41, 5.74) is 0.952. The molecule has 34 heavy (non-hydrogen) atoms. The highest BCUT2D eigenvalue weighted by Crippen LogP contribution is 2.30. The lowest BCUT2D eigenvalue weighted by Gasteiger charge is -2.15. The highest BCUT2D eigenvalue weighted by Gasteiger charge is 2.23. The zero-order valence-electron chi connectivity index (χ0n) is 18.6. The molecular weight excluding hydrogens is 461 g/mol. The van der Waals surface area contributed by atoms with Crippen LogP contribution in [-0.4, -0.2) is 54.2 Å². The van der Waals surface area contributed by atoms with Crippen molar-refractivity contribution in [2.24, 2.45) is 0 Å². The van der Waals surface area contributed by atoms with Gasteiger partial charge >= 0.3 is 0 Å². The van der Waals surface area contributed by atoms with Crippen LogP contribution in [0.25, 0.3) is 11.5 Å². The zero-order chi connectivity index (χ0) is 24.5. The van der Waals surface area contributed by atoms with Gasteiger partial charge in [0.25, 0.3) is 5.91 Å². The molecule has 2 heterocycles. The highest BCUT2D eigenvalue weighted by molar-refractivity contribution is 7.89. The number of nitrogens with one attached hydrogen (secondary N) is 1. The fraction of sp³-hybridized carbons (Fsp3) is 0.130. The minimum absolute atomic E-state index is 0.00115. The van der Waals surface area contributed by atoms with E-state index in [0.29, 0.717) is 17.3 Å². The predicted molar refractivity (Wildman–Crippen MR) is 125 cm³/mol. The molecule has 0 aliphatic heterocycles. The number of benzene rings is 2. The summed E-state index contributed by atoms with van der Waals surface area (Å²) >= 11 is 0. The van der Waals surface area contributed by atoms with Crippen molar-refractivity contribution in [3.8, 4) is 17.3 Å². The van der Waals surface area contributed by atoms with Crippen molar-refractivity contribution >= 4 is 21.6 Å². The molecule has 0 spiro atoms. The van der Waals surface area contributed by atoms with Crippen LogP contribution in [0, 0.1) is 5.82 Å². The smallest absolute Gasteiger partial charge is 0.261 e. The van der Waals surface area contributed by atoms with Gasteiger partial charge in [0.15, 0.2) is 5.82 Å². The molecule has 4 rings (SSSR count). The second kappa shape index (κ2) is 9.12. The number of methoxy groups -OCH3 is 1. The number of carbonyl (C=O) groups is 1. The Morgan fingerprint density at radius 3 is 2.38 bits per heavy atom. The average Bonchev–Trinajstić information content (AvgIpc) is 3.49. The van der Waals surface area contributed by atoms with E-state index in [1.54, 1.807) is 41.2 Å². The van der Waals surface area contributed by atoms with Crippen molar-refractivity contribution in [2.75, 3.05) is 26.5 Å². The summed E-state index contributed by atoms with van der Waals surface area (Å²) in [6.07, 6.45) is 4.89. The van der Waals surface area contributed by atoms with E-state index in [-0.39, 0.29) is 16.1 Å². The fourth-order valence-corrected chi connectivity index (χ4v) is 4.27. The van der Waals surface area contributed by atoms with E-state index in [1.807, 2.05) is 0 Å². The number of rotatable bonds is 7. The van der Waals surface area contributed by atoms with E-state index >= 15 is 0 Å². The monoisotopic (exact) mass is 483 g/mol. The van der Waals surface area contributed by atoms with Crippen molar-refractivity contribution in [2.45, 2.75) is 4.90 Å². The van der Waals surface area contributed by atoms with E-state index in [2.05, 4.69) is 10.4 Å². The number of anilines is 1. The molecule has 0 bridgehead atoms. The second-order valence-electron chi connectivity index (χ2n) is 7.46. The van der Waals surface area contributed by atoms with Crippen molar-refractivity contribution in [1.29, 1.82) is 0 Å². The third-order valence-electron chi connectivity index (χ3n) is 5.11. The molecule has 1 amide bonds. The van der Waals surface area contributed by atoms with Crippen molar-refractivity contribution in [1.82, 2.24) is 18.7 Å². The van der Waals surface area contributed by atoms with Crippen LogP contribution in [0.15, 0.2) is 78.1 Å². The first-order valence-corrected chi connectivity index (χ1v) is 11.6. The quantitative estimate of drug-likeness (QED) is 0.435. The van der Waals surface area contributed by atoms with Gasteiger partial charge < -0.3 is 14.6 Å². The van der Waals surface area contributed by atoms with E-state index < -0.39 is 21.7 Å². The summed E-state index contributed by atoms with van der Waals surface area (Å²) in [5, 5.41) is 7.07. The third-order valence-corrected chi connectivity index (χ3v) is 6.92. The van der Waals surface area contributed by atoms with Crippen LogP contribution in [0.3, 0.4) is 0 Å². The Labute approximate surface area is 196 Å². The summed E-state index contributed by atoms with van der Waals surface area (Å²) in [7, 11) is 0.534. The van der Waals surface area contributed by atoms with E-state index in [4.69, 9.17) is 4.74 Å². The molecule has 2 aromatic carbocycles. The summed E-state index contributed by atoms with van der Waals surface area (Å²) in [5.74, 6) is -0.213. The van der Waals surface area contributed by atoms with Crippen LogP contribution >= 0.6 is 0 Å². The lowest BCUT2D eigenvalue weighted by Crippen LogP contribution is -2.22. The molecule has 9 nitrogen and oxygen atoms in total. The predicted octanol–water partition coefficient (Wildman–Crippen LogP) is 3.31. The molecule has 4 aromatic rings. The Kier molecular flexibility index (Phi) is 6.22. The number of hydrogen-bond acceptors (Lipinski definition) is 5. The van der Waals surface area contributed by atoms with E-state index in [9.17, 15) is 17.6 Å². The molecule has 0 fully saturated rings. The van der Waals surface area contributed by atoms with Gasteiger partial charge in [-0.15, -0.1) is 0 Å². The number of halogens is 1. The first-order chi connectivity index (χ1) is 16.2. The summed E-state index contributed by atoms with van der Waals surface area (Å²) in [6, 6.07) is 13.5. The van der Waals surface area contributed by atoms with Gasteiger partial charge in [0.2, 0.25) is 10.0 Å². The Morgan fingerprint density at radius 1 is 1.09 bits per heavy atom. The lowest BCUT2D eigenvalue weighted by molar-refractivity contribution is 0.102. The van der Waals surface area contributed by atoms with Crippen molar-refractivity contribution in [3.63, 3.8) is 0 Å². The molecule has 0 unspecified atom stereocenters. The molecule has 0 atom stereocenters. The number of hydrogen-bond donors (Lipinski definition) is 1. The van der Waals surface area contributed by atoms with Crippen LogP contribution in [0.5, 0.6) is 5.75 Å². The molecule has 176 valence electrons. The lowest BCUT2D eigenvalue weighted by atomic mass is 10.2. The number of aromatic nitrogens is 3. The zero-order valence-corrected chi connectivity index (χ0v) is 19.5. The molecule has 11 heteroatoms. The van der Waals surface area contributed by atoms with Gasteiger partial charge in [-0.1, -0.05) is 0 Å². The number of ether oxygens (including phenoxy) is 1. The molecule has 0 saturated heterocycles. The first-order valence-electron chi connectivity index (χ1n) is 10.1. The van der Waals surface area contributed by atoms with Gasteiger partial charge in [0.05, 0.1) is 29.6 Å². The van der Waals surface area contributed by atoms with Gasteiger partial charge in [-0.25, -0.2) is 21.8 Å². The highest BCUT2D eigenvalue weighted by atomic mass is 32.2. The van der Waals surface area contributed by atoms with Crippen LogP contribution in [0.4, 0.5) is 10.1 Å². The number of nitrogens with zero attached hydrogens (tertiary/aromatic N) is 4. The maximum absolute atomic E-state index is 13.4. The number of sulfonamides is 1. The second-order valence-corrected chi connectivity index (χ2v) is 9.62. The average molecular weight is 484 g/mol. The van der Waals surface area contributed by atoms with Gasteiger partial charge in [0.1, 0.15) is 17.1 Å². The minimum atomic E-state index is -3.73. The summed E-state index contributed by atoms with van der Waals surface area (Å²) in [4.78, 5) is 13.3. The summed E-state index contributed by atoms with van der Waals surface area (Å²) < 4.78 is 48.2. The number of amides is 1. The largest absolute Gasteiger partial charge is 0.495 e. The third kappa shape index (κ3) is 4.30. The Balaban J connectivity index is 1.77. The Bertz CT molecular complexity index is 1430. The maximum Gasteiger partial charge on any atom is 0.261 e. The SMILES string of the molecule is COc1ccc(S(=O)(=O)N(C)C)cc1NC(=O)c1cnn(-c2ccc(F)cc2)c1-n1cccc1.